The van der Waals surface area contributed by atoms with Gasteiger partial charge in [0.25, 0.3) is 0 Å². The van der Waals surface area contributed by atoms with Gasteiger partial charge >= 0.3 is 11.9 Å². The Morgan fingerprint density at radius 2 is 2.00 bits per heavy atom. The van der Waals surface area contributed by atoms with Crippen LogP contribution in [0.25, 0.3) is 0 Å². The molecule has 0 saturated heterocycles. The quantitative estimate of drug-likeness (QED) is 0.402. The van der Waals surface area contributed by atoms with Crippen LogP contribution in [-0.2, 0) is 28.6 Å². The molecule has 1 rings (SSSR count). The van der Waals surface area contributed by atoms with Crippen LogP contribution in [0.5, 0.6) is 0 Å². The molecule has 0 aromatic rings. The van der Waals surface area contributed by atoms with Crippen LogP contribution in [0.1, 0.15) is 20.3 Å². The Kier molecular flexibility index (Phi) is 5.51. The van der Waals surface area contributed by atoms with E-state index in [2.05, 4.69) is 0 Å². The van der Waals surface area contributed by atoms with E-state index in [1.165, 1.54) is 13.8 Å². The van der Waals surface area contributed by atoms with Crippen molar-refractivity contribution in [2.45, 2.75) is 38.6 Å². The van der Waals surface area contributed by atoms with Crippen molar-refractivity contribution < 1.29 is 28.6 Å². The van der Waals surface area contributed by atoms with Crippen LogP contribution in [0.2, 0.25) is 0 Å². The lowest BCUT2D eigenvalue weighted by molar-refractivity contribution is -0.163. The first-order chi connectivity index (χ1) is 8.52. The largest absolute Gasteiger partial charge is 0.463 e. The smallest absolute Gasteiger partial charge is 0.303 e. The molecule has 0 radical (unpaired) electrons. The van der Waals surface area contributed by atoms with Gasteiger partial charge in [0, 0.05) is 20.3 Å². The zero-order chi connectivity index (χ0) is 13.5. The second-order valence-corrected chi connectivity index (χ2v) is 3.88. The molecule has 1 aliphatic heterocycles. The fraction of sp³-hybridized carbons (Fsp3) is 0.583. The van der Waals surface area contributed by atoms with E-state index in [4.69, 9.17) is 14.2 Å². The summed E-state index contributed by atoms with van der Waals surface area (Å²) in [5.41, 5.74) is 0. The van der Waals surface area contributed by atoms with Crippen molar-refractivity contribution in [1.82, 2.24) is 0 Å². The third-order valence-electron chi connectivity index (χ3n) is 2.31. The third kappa shape index (κ3) is 4.67. The predicted molar refractivity (Wildman–Crippen MR) is 60.7 cm³/mol. The molecule has 6 nitrogen and oxygen atoms in total. The summed E-state index contributed by atoms with van der Waals surface area (Å²) in [6.07, 6.45) is 2.68. The highest BCUT2D eigenvalue weighted by atomic mass is 16.6. The van der Waals surface area contributed by atoms with Gasteiger partial charge in [-0.05, 0) is 6.08 Å². The van der Waals surface area contributed by atoms with Crippen LogP contribution in [0, 0.1) is 0 Å². The maximum atomic E-state index is 10.9. The lowest BCUT2D eigenvalue weighted by Gasteiger charge is -2.30. The monoisotopic (exact) mass is 256 g/mol. The van der Waals surface area contributed by atoms with Gasteiger partial charge in [-0.25, -0.2) is 0 Å². The second kappa shape index (κ2) is 6.90. The number of aldehydes is 1. The summed E-state index contributed by atoms with van der Waals surface area (Å²) in [7, 11) is 0. The Balaban J connectivity index is 2.65. The van der Waals surface area contributed by atoms with Gasteiger partial charge in [-0.1, -0.05) is 6.08 Å². The zero-order valence-corrected chi connectivity index (χ0v) is 10.3. The normalized spacial score (nSPS) is 26.4. The van der Waals surface area contributed by atoms with Crippen molar-refractivity contribution in [3.63, 3.8) is 0 Å². The highest BCUT2D eigenvalue weighted by molar-refractivity contribution is 5.67. The molecule has 0 unspecified atom stereocenters. The number of carbonyl (C=O) groups excluding carboxylic acids is 3. The van der Waals surface area contributed by atoms with E-state index in [0.717, 1.165) is 6.29 Å². The van der Waals surface area contributed by atoms with Crippen LogP contribution in [0.3, 0.4) is 0 Å². The molecule has 1 aliphatic rings. The van der Waals surface area contributed by atoms with E-state index in [-0.39, 0.29) is 19.1 Å². The Bertz CT molecular complexity index is 348. The lowest BCUT2D eigenvalue weighted by Crippen LogP contribution is -2.41. The van der Waals surface area contributed by atoms with E-state index in [1.54, 1.807) is 12.2 Å². The molecule has 18 heavy (non-hydrogen) atoms. The highest BCUT2D eigenvalue weighted by Gasteiger charge is 2.30. The van der Waals surface area contributed by atoms with E-state index >= 15 is 0 Å². The fourth-order valence-electron chi connectivity index (χ4n) is 1.57. The lowest BCUT2D eigenvalue weighted by atomic mass is 10.1. The first-order valence-corrected chi connectivity index (χ1v) is 5.61. The molecule has 0 aromatic carbocycles. The number of esters is 2. The molecule has 0 fully saturated rings. The molecule has 0 amide bonds. The Hall–Kier alpha value is -1.69. The van der Waals surface area contributed by atoms with Gasteiger partial charge in [-0.2, -0.15) is 0 Å². The predicted octanol–water partition coefficient (Wildman–Crippen LogP) is 0.394. The third-order valence-corrected chi connectivity index (χ3v) is 2.31. The van der Waals surface area contributed by atoms with Gasteiger partial charge in [-0.3, -0.25) is 9.59 Å². The first kappa shape index (κ1) is 14.4. The average molecular weight is 256 g/mol. The van der Waals surface area contributed by atoms with E-state index in [9.17, 15) is 14.4 Å². The second-order valence-electron chi connectivity index (χ2n) is 3.88. The minimum Gasteiger partial charge on any atom is -0.463 e. The van der Waals surface area contributed by atoms with Gasteiger partial charge in [0.1, 0.15) is 25.1 Å². The number of carbonyl (C=O) groups is 3. The molecule has 0 bridgehead atoms. The summed E-state index contributed by atoms with van der Waals surface area (Å²) in [6.45, 7) is 2.55. The van der Waals surface area contributed by atoms with Crippen molar-refractivity contribution in [3.05, 3.63) is 12.2 Å². The first-order valence-electron chi connectivity index (χ1n) is 5.61. The Labute approximate surface area is 105 Å². The van der Waals surface area contributed by atoms with E-state index in [1.807, 2.05) is 0 Å². The topological polar surface area (TPSA) is 78.9 Å². The zero-order valence-electron chi connectivity index (χ0n) is 10.3. The molecule has 3 atom stereocenters. The molecule has 0 saturated carbocycles. The van der Waals surface area contributed by atoms with Crippen molar-refractivity contribution in [3.8, 4) is 0 Å². The highest BCUT2D eigenvalue weighted by Crippen LogP contribution is 2.18. The van der Waals surface area contributed by atoms with Gasteiger partial charge in [-0.15, -0.1) is 0 Å². The van der Waals surface area contributed by atoms with Crippen LogP contribution < -0.4 is 0 Å². The number of rotatable bonds is 5. The molecule has 0 aromatic heterocycles. The molecule has 6 heteroatoms. The number of hydrogen-bond donors (Lipinski definition) is 0. The summed E-state index contributed by atoms with van der Waals surface area (Å²) in [5.74, 6) is -0.892. The summed E-state index contributed by atoms with van der Waals surface area (Å²) in [4.78, 5) is 32.1. The van der Waals surface area contributed by atoms with Gasteiger partial charge in [0.15, 0.2) is 0 Å². The minimum atomic E-state index is -0.607. The van der Waals surface area contributed by atoms with Crippen molar-refractivity contribution in [2.24, 2.45) is 0 Å². The van der Waals surface area contributed by atoms with Crippen molar-refractivity contribution in [1.29, 1.82) is 0 Å². The van der Waals surface area contributed by atoms with Crippen molar-refractivity contribution in [2.75, 3.05) is 6.61 Å². The molecule has 0 N–H and O–H groups in total. The molecule has 1 heterocycles. The van der Waals surface area contributed by atoms with Gasteiger partial charge < -0.3 is 19.0 Å². The summed E-state index contributed by atoms with van der Waals surface area (Å²) >= 11 is 0. The molecular formula is C12H16O6. The molecule has 0 spiro atoms. The molecule has 100 valence electrons. The Morgan fingerprint density at radius 3 is 2.56 bits per heavy atom. The maximum Gasteiger partial charge on any atom is 0.303 e. The summed E-state index contributed by atoms with van der Waals surface area (Å²) in [5, 5.41) is 0. The number of ether oxygens (including phenoxy) is 3. The fourth-order valence-corrected chi connectivity index (χ4v) is 1.57. The average Bonchev–Trinajstić information content (AvgIpc) is 2.28. The van der Waals surface area contributed by atoms with Crippen LogP contribution >= 0.6 is 0 Å². The molecule has 0 aliphatic carbocycles. The van der Waals surface area contributed by atoms with Crippen LogP contribution in [0.4, 0.5) is 0 Å². The standard InChI is InChI=1S/C12H16O6/c1-8(14)16-7-12-11(17-9(2)15)4-3-10(18-12)5-6-13/h3-4,6,10-12H,5,7H2,1-2H3/t10-,11-,12+/m0/s1. The van der Waals surface area contributed by atoms with E-state index < -0.39 is 24.1 Å². The van der Waals surface area contributed by atoms with Crippen LogP contribution in [0.15, 0.2) is 12.2 Å². The Morgan fingerprint density at radius 1 is 1.28 bits per heavy atom. The van der Waals surface area contributed by atoms with Gasteiger partial charge in [0.2, 0.25) is 0 Å². The summed E-state index contributed by atoms with van der Waals surface area (Å²) < 4.78 is 15.4. The van der Waals surface area contributed by atoms with Gasteiger partial charge in [0.05, 0.1) is 6.10 Å². The minimum absolute atomic E-state index is 0.0209. The summed E-state index contributed by atoms with van der Waals surface area (Å²) in [6, 6.07) is 0. The van der Waals surface area contributed by atoms with Crippen LogP contribution in [-0.4, -0.2) is 43.1 Å². The van der Waals surface area contributed by atoms with Crippen molar-refractivity contribution >= 4 is 18.2 Å². The van der Waals surface area contributed by atoms with E-state index in [0.29, 0.717) is 0 Å². The number of hydrogen-bond acceptors (Lipinski definition) is 6. The maximum absolute atomic E-state index is 10.9. The molecular weight excluding hydrogens is 240 g/mol. The SMILES string of the molecule is CC(=O)OC[C@H]1O[C@H](CC=O)C=C[C@@H]1OC(C)=O.